The highest BCUT2D eigenvalue weighted by molar-refractivity contribution is 5.27. The monoisotopic (exact) mass is 136 g/mol. The van der Waals surface area contributed by atoms with Gasteiger partial charge in [0.15, 0.2) is 0 Å². The molecule has 0 atom stereocenters. The van der Waals surface area contributed by atoms with Gasteiger partial charge in [-0.05, 0) is 32.6 Å². The molecule has 0 aromatic heterocycles. The Labute approximate surface area is 63.6 Å². The maximum atomic E-state index is 3.91. The van der Waals surface area contributed by atoms with E-state index in [1.54, 1.807) is 11.1 Å². The third kappa shape index (κ3) is 1.50. The van der Waals surface area contributed by atoms with E-state index in [1.807, 2.05) is 0 Å². The van der Waals surface area contributed by atoms with Crippen molar-refractivity contribution in [3.05, 3.63) is 23.3 Å². The van der Waals surface area contributed by atoms with E-state index in [1.165, 1.54) is 24.8 Å². The van der Waals surface area contributed by atoms with Crippen LogP contribution < -0.4 is 0 Å². The Morgan fingerprint density at radius 1 is 1.40 bits per heavy atom. The highest BCUT2D eigenvalue weighted by Gasteiger charge is 2.14. The summed E-state index contributed by atoms with van der Waals surface area (Å²) in [5.74, 6) is 0. The summed E-state index contributed by atoms with van der Waals surface area (Å²) in [5.41, 5.74) is 4.65. The van der Waals surface area contributed by atoms with Crippen LogP contribution in [0.25, 0.3) is 0 Å². The highest BCUT2D eigenvalue weighted by atomic mass is 14.2. The molecule has 0 heterocycles. The van der Waals surface area contributed by atoms with Gasteiger partial charge in [0.1, 0.15) is 0 Å². The van der Waals surface area contributed by atoms with Crippen LogP contribution in [0.3, 0.4) is 0 Å². The second-order valence-corrected chi connectivity index (χ2v) is 3.19. The number of hydrogen-bond acceptors (Lipinski definition) is 0. The van der Waals surface area contributed by atoms with Gasteiger partial charge < -0.3 is 0 Å². The molecule has 1 aliphatic rings. The smallest absolute Gasteiger partial charge is 0.0111 e. The van der Waals surface area contributed by atoms with Gasteiger partial charge in [-0.2, -0.15) is 0 Å². The van der Waals surface area contributed by atoms with E-state index in [4.69, 9.17) is 0 Å². The maximum absolute atomic E-state index is 3.91. The Bertz CT molecular complexity index is 172. The number of hydrogen-bond donors (Lipinski definition) is 0. The van der Waals surface area contributed by atoms with E-state index < -0.39 is 0 Å². The molecule has 0 aliphatic heterocycles. The largest absolute Gasteiger partial charge is 0.0998 e. The van der Waals surface area contributed by atoms with Crippen LogP contribution in [-0.4, -0.2) is 0 Å². The van der Waals surface area contributed by atoms with Crippen molar-refractivity contribution < 1.29 is 0 Å². The molecule has 0 fully saturated rings. The predicted octanol–water partition coefficient (Wildman–Crippen LogP) is 3.45. The predicted molar refractivity (Wildman–Crippen MR) is 46.0 cm³/mol. The average Bonchev–Trinajstić information content (AvgIpc) is 1.82. The summed E-state index contributed by atoms with van der Waals surface area (Å²) in [6, 6.07) is 0. The summed E-state index contributed by atoms with van der Waals surface area (Å²) >= 11 is 0. The zero-order chi connectivity index (χ0) is 7.56. The van der Waals surface area contributed by atoms with Gasteiger partial charge >= 0.3 is 0 Å². The van der Waals surface area contributed by atoms with Crippen LogP contribution >= 0.6 is 0 Å². The molecule has 0 spiro atoms. The van der Waals surface area contributed by atoms with Crippen molar-refractivity contribution in [3.63, 3.8) is 0 Å². The second-order valence-electron chi connectivity index (χ2n) is 3.19. The Morgan fingerprint density at radius 3 is 2.30 bits per heavy atom. The molecule has 1 aliphatic carbocycles. The van der Waals surface area contributed by atoms with Gasteiger partial charge in [-0.25, -0.2) is 0 Å². The van der Waals surface area contributed by atoms with Crippen LogP contribution in [0.1, 0.15) is 39.5 Å². The van der Waals surface area contributed by atoms with Crippen molar-refractivity contribution in [1.29, 1.82) is 0 Å². The minimum Gasteiger partial charge on any atom is -0.0998 e. The molecule has 0 bridgehead atoms. The summed E-state index contributed by atoms with van der Waals surface area (Å²) in [4.78, 5) is 0. The summed E-state index contributed by atoms with van der Waals surface area (Å²) in [6.45, 7) is 8.26. The van der Waals surface area contributed by atoms with Gasteiger partial charge in [0.2, 0.25) is 0 Å². The zero-order valence-corrected chi connectivity index (χ0v) is 7.04. The molecule has 10 heavy (non-hydrogen) atoms. The van der Waals surface area contributed by atoms with Crippen molar-refractivity contribution in [2.45, 2.75) is 39.5 Å². The van der Waals surface area contributed by atoms with Crippen LogP contribution in [0.15, 0.2) is 23.3 Å². The molecule has 0 aromatic carbocycles. The summed E-state index contributed by atoms with van der Waals surface area (Å²) < 4.78 is 0. The minimum atomic E-state index is 1.16. The fourth-order valence-electron chi connectivity index (χ4n) is 1.48. The Hall–Kier alpha value is -0.520. The fourth-order valence-corrected chi connectivity index (χ4v) is 1.48. The van der Waals surface area contributed by atoms with Crippen molar-refractivity contribution >= 4 is 0 Å². The van der Waals surface area contributed by atoms with Crippen molar-refractivity contribution in [1.82, 2.24) is 0 Å². The third-order valence-corrected chi connectivity index (χ3v) is 2.17. The normalized spacial score (nSPS) is 17.0. The van der Waals surface area contributed by atoms with Gasteiger partial charge in [-0.1, -0.05) is 30.2 Å². The van der Waals surface area contributed by atoms with Crippen LogP contribution in [-0.2, 0) is 0 Å². The van der Waals surface area contributed by atoms with Gasteiger partial charge in [-0.3, -0.25) is 0 Å². The first-order valence-corrected chi connectivity index (χ1v) is 4.08. The third-order valence-electron chi connectivity index (χ3n) is 2.17. The summed E-state index contributed by atoms with van der Waals surface area (Å²) in [7, 11) is 0. The molecule has 0 saturated carbocycles. The van der Waals surface area contributed by atoms with E-state index in [-0.39, 0.29) is 0 Å². The lowest BCUT2D eigenvalue weighted by molar-refractivity contribution is 0.725. The molecule has 1 rings (SSSR count). The Kier molecular flexibility index (Phi) is 2.31. The molecule has 0 nitrogen and oxygen atoms in total. The molecule has 0 radical (unpaired) electrons. The molecule has 0 amide bonds. The quantitative estimate of drug-likeness (QED) is 0.521. The van der Waals surface area contributed by atoms with E-state index in [0.717, 1.165) is 6.42 Å². The van der Waals surface area contributed by atoms with E-state index in [9.17, 15) is 0 Å². The zero-order valence-electron chi connectivity index (χ0n) is 7.04. The average molecular weight is 136 g/mol. The van der Waals surface area contributed by atoms with Crippen molar-refractivity contribution in [2.24, 2.45) is 0 Å². The fraction of sp³-hybridized carbons (Fsp3) is 0.600. The lowest BCUT2D eigenvalue weighted by Crippen LogP contribution is -2.03. The molecule has 0 unspecified atom stereocenters. The summed E-state index contributed by atoms with van der Waals surface area (Å²) in [6.07, 6.45) is 5.08. The SMILES string of the molecule is C=C(C)CC1=C(CC)CC1. The van der Waals surface area contributed by atoms with E-state index in [2.05, 4.69) is 20.4 Å². The number of rotatable bonds is 3. The van der Waals surface area contributed by atoms with Gasteiger partial charge in [0.05, 0.1) is 0 Å². The molecule has 0 aromatic rings. The maximum Gasteiger partial charge on any atom is -0.0111 e. The van der Waals surface area contributed by atoms with Crippen LogP contribution in [0.4, 0.5) is 0 Å². The topological polar surface area (TPSA) is 0 Å². The first kappa shape index (κ1) is 7.59. The van der Waals surface area contributed by atoms with E-state index >= 15 is 0 Å². The Morgan fingerprint density at radius 2 is 2.00 bits per heavy atom. The van der Waals surface area contributed by atoms with Crippen molar-refractivity contribution in [2.75, 3.05) is 0 Å². The minimum absolute atomic E-state index is 1.16. The first-order chi connectivity index (χ1) is 4.74. The standard InChI is InChI=1S/C10H16/c1-4-9-5-6-10(9)7-8(2)3/h2,4-7H2,1,3H3. The van der Waals surface area contributed by atoms with Crippen LogP contribution in [0, 0.1) is 0 Å². The molecule has 0 heteroatoms. The Balaban J connectivity index is 2.49. The van der Waals surface area contributed by atoms with Crippen LogP contribution in [0.5, 0.6) is 0 Å². The second kappa shape index (κ2) is 3.05. The first-order valence-electron chi connectivity index (χ1n) is 4.08. The summed E-state index contributed by atoms with van der Waals surface area (Å²) in [5, 5.41) is 0. The molecule has 56 valence electrons. The lowest BCUT2D eigenvalue weighted by atomic mass is 9.83. The lowest BCUT2D eigenvalue weighted by Gasteiger charge is -2.23. The van der Waals surface area contributed by atoms with Gasteiger partial charge in [0, 0.05) is 0 Å². The number of allylic oxidation sites excluding steroid dienone is 3. The molecular formula is C10H16. The van der Waals surface area contributed by atoms with Gasteiger partial charge in [0.25, 0.3) is 0 Å². The van der Waals surface area contributed by atoms with Crippen molar-refractivity contribution in [3.8, 4) is 0 Å². The molecule has 0 N–H and O–H groups in total. The highest BCUT2D eigenvalue weighted by Crippen LogP contribution is 2.33. The van der Waals surface area contributed by atoms with E-state index in [0.29, 0.717) is 0 Å². The molecule has 0 saturated heterocycles. The van der Waals surface area contributed by atoms with Gasteiger partial charge in [-0.15, -0.1) is 0 Å². The van der Waals surface area contributed by atoms with Crippen LogP contribution in [0.2, 0.25) is 0 Å². The molecular weight excluding hydrogens is 120 g/mol.